The predicted octanol–water partition coefficient (Wildman–Crippen LogP) is 22.9. The number of hydrogen-bond donors (Lipinski definition) is 0. The highest BCUT2D eigenvalue weighted by Gasteiger charge is 2.47. The fourth-order valence-electron chi connectivity index (χ4n) is 14.0. The van der Waals surface area contributed by atoms with Crippen molar-refractivity contribution in [1.29, 1.82) is 0 Å². The Hall–Kier alpha value is -11.3. The van der Waals surface area contributed by atoms with Crippen molar-refractivity contribution >= 4 is 0 Å². The monoisotopic (exact) mass is 1240 g/mol. The number of nitrogens with zero attached hydrogens (tertiary/aromatic N) is 6. The van der Waals surface area contributed by atoms with Crippen LogP contribution in [-0.4, -0.2) is 29.9 Å². The molecule has 96 heavy (non-hydrogen) atoms. The molecule has 2 aromatic heterocycles. The summed E-state index contributed by atoms with van der Waals surface area (Å²) >= 11 is 0. The minimum atomic E-state index is -0.161. The van der Waals surface area contributed by atoms with Gasteiger partial charge in [-0.3, -0.25) is 0 Å². The Bertz CT molecular complexity index is 5120. The molecule has 14 aromatic rings. The number of benzene rings is 12. The second kappa shape index (κ2) is 24.5. The summed E-state index contributed by atoms with van der Waals surface area (Å²) in [5.74, 6) is 3.99. The van der Waals surface area contributed by atoms with Crippen LogP contribution in [0.2, 0.25) is 0 Å². The van der Waals surface area contributed by atoms with Gasteiger partial charge in [0.1, 0.15) is 0 Å². The quantitative estimate of drug-likeness (QED) is 0.136. The lowest BCUT2D eigenvalue weighted by molar-refractivity contribution is 0.299. The SMILES string of the molecule is CC1(C)c2cc(-c3ccccc3)ccc2-c2ccc(-c3cccc(-c4nc(-c5ccccc5)nc(-c5ccccc5)n4)c3)cc2C1(C)C.CC1(C)c2cc(-c3ccccc3)ccc2-c2ccc(-c3nc(-c4ccccc4)nc(-c4ccc(-c5ccccc5)cc4)n3)cc2C1(C)C. The summed E-state index contributed by atoms with van der Waals surface area (Å²) in [6.07, 6.45) is 0. The van der Waals surface area contributed by atoms with Gasteiger partial charge in [0.05, 0.1) is 0 Å². The first kappa shape index (κ1) is 60.9. The van der Waals surface area contributed by atoms with Gasteiger partial charge in [-0.2, -0.15) is 0 Å². The zero-order valence-corrected chi connectivity index (χ0v) is 55.6. The molecule has 0 radical (unpaired) electrons. The maximum atomic E-state index is 5.10. The maximum Gasteiger partial charge on any atom is 0.164 e. The van der Waals surface area contributed by atoms with E-state index in [1.165, 1.54) is 77.9 Å². The number of aromatic nitrogens is 6. The molecular weight excluding hydrogens is 1170 g/mol. The normalized spacial score (nSPS) is 14.2. The first-order valence-electron chi connectivity index (χ1n) is 33.2. The van der Waals surface area contributed by atoms with Gasteiger partial charge in [0.25, 0.3) is 0 Å². The first-order valence-corrected chi connectivity index (χ1v) is 33.2. The molecule has 6 heteroatoms. The van der Waals surface area contributed by atoms with Crippen molar-refractivity contribution in [3.63, 3.8) is 0 Å². The Balaban J connectivity index is 0.000000158. The lowest BCUT2D eigenvalue weighted by atomic mass is 9.55. The van der Waals surface area contributed by atoms with Crippen molar-refractivity contribution in [1.82, 2.24) is 29.9 Å². The van der Waals surface area contributed by atoms with Gasteiger partial charge < -0.3 is 0 Å². The molecule has 0 saturated carbocycles. The molecule has 0 atom stereocenters. The fourth-order valence-corrected chi connectivity index (χ4v) is 14.0. The van der Waals surface area contributed by atoms with Gasteiger partial charge in [0.15, 0.2) is 34.9 Å². The first-order chi connectivity index (χ1) is 46.6. The highest BCUT2D eigenvalue weighted by Crippen LogP contribution is 2.57. The summed E-state index contributed by atoms with van der Waals surface area (Å²) in [6, 6.07) is 107. The number of hydrogen-bond acceptors (Lipinski definition) is 6. The van der Waals surface area contributed by atoms with E-state index in [1.54, 1.807) is 0 Å². The van der Waals surface area contributed by atoms with Crippen molar-refractivity contribution in [3.8, 4) is 135 Å². The molecule has 0 amide bonds. The molecule has 0 N–H and O–H groups in total. The zero-order chi connectivity index (χ0) is 65.8. The molecule has 0 fully saturated rings. The van der Waals surface area contributed by atoms with Gasteiger partial charge in [-0.05, 0) is 141 Å². The Kier molecular flexibility index (Phi) is 15.6. The van der Waals surface area contributed by atoms with E-state index in [1.807, 2.05) is 84.9 Å². The standard InChI is InChI=1S/2C45H37N3/c1-44(2)39-28-34(30-15-8-5-9-16-30)23-25-37(39)38-26-24-35(29-40(38)45(44,3)4)33-21-14-22-36(27-33)43-47-41(31-17-10-6-11-18-31)46-42(48-43)32-19-12-7-13-20-32;1-44(2)39-28-35(31-16-10-6-11-17-31)24-26-37(39)38-27-25-36(29-40(38)45(44,3)4)43-47-41(33-18-12-7-13-19-33)46-42(48-43)34-22-20-32(21-23-34)30-14-8-5-9-15-30/h2*5-29H,1-4H3. The van der Waals surface area contributed by atoms with Gasteiger partial charge >= 0.3 is 0 Å². The third-order valence-electron chi connectivity index (χ3n) is 21.0. The average Bonchev–Trinajstić information content (AvgIpc) is 0.717. The lowest BCUT2D eigenvalue weighted by Gasteiger charge is -2.48. The molecule has 2 aliphatic carbocycles. The molecule has 0 unspecified atom stereocenters. The van der Waals surface area contributed by atoms with E-state index in [9.17, 15) is 0 Å². The van der Waals surface area contributed by atoms with Crippen LogP contribution in [0.3, 0.4) is 0 Å². The van der Waals surface area contributed by atoms with Crippen molar-refractivity contribution in [3.05, 3.63) is 326 Å². The summed E-state index contributed by atoms with van der Waals surface area (Å²) in [7, 11) is 0. The Labute approximate surface area is 564 Å². The van der Waals surface area contributed by atoms with Gasteiger partial charge in [-0.1, -0.05) is 328 Å². The van der Waals surface area contributed by atoms with Gasteiger partial charge in [0, 0.05) is 33.4 Å². The predicted molar refractivity (Wildman–Crippen MR) is 397 cm³/mol. The maximum absolute atomic E-state index is 5.10. The van der Waals surface area contributed by atoms with E-state index in [4.69, 9.17) is 29.9 Å². The van der Waals surface area contributed by atoms with E-state index in [2.05, 4.69) is 274 Å². The molecule has 12 aromatic carbocycles. The van der Waals surface area contributed by atoms with E-state index < -0.39 is 0 Å². The largest absolute Gasteiger partial charge is 0.208 e. The minimum Gasteiger partial charge on any atom is -0.208 e. The van der Waals surface area contributed by atoms with Crippen LogP contribution in [0.5, 0.6) is 0 Å². The van der Waals surface area contributed by atoms with Crippen molar-refractivity contribution in [2.45, 2.75) is 77.0 Å². The summed E-state index contributed by atoms with van der Waals surface area (Å²) in [6.45, 7) is 19.1. The molecule has 0 spiro atoms. The molecule has 6 nitrogen and oxygen atoms in total. The van der Waals surface area contributed by atoms with Crippen LogP contribution >= 0.6 is 0 Å². The molecule has 16 rings (SSSR count). The highest BCUT2D eigenvalue weighted by molar-refractivity contribution is 5.86. The van der Waals surface area contributed by atoms with Gasteiger partial charge in [-0.25, -0.2) is 29.9 Å². The van der Waals surface area contributed by atoms with Crippen LogP contribution in [0, 0.1) is 0 Å². The van der Waals surface area contributed by atoms with Crippen LogP contribution < -0.4 is 0 Å². The second-order valence-corrected chi connectivity index (χ2v) is 27.5. The highest BCUT2D eigenvalue weighted by atomic mass is 15.0. The Morgan fingerprint density at radius 2 is 0.333 bits per heavy atom. The average molecular weight is 1240 g/mol. The summed E-state index contributed by atoms with van der Waals surface area (Å²) < 4.78 is 0. The zero-order valence-electron chi connectivity index (χ0n) is 55.6. The van der Waals surface area contributed by atoms with Crippen molar-refractivity contribution < 1.29 is 0 Å². The molecular formula is C90H74N6. The smallest absolute Gasteiger partial charge is 0.164 e. The topological polar surface area (TPSA) is 77.3 Å². The molecule has 0 aliphatic heterocycles. The third kappa shape index (κ3) is 11.1. The van der Waals surface area contributed by atoms with Gasteiger partial charge in [-0.15, -0.1) is 0 Å². The lowest BCUT2D eigenvalue weighted by Crippen LogP contribution is -2.43. The molecule has 0 bridgehead atoms. The van der Waals surface area contributed by atoms with Crippen molar-refractivity contribution in [2.24, 2.45) is 0 Å². The summed E-state index contributed by atoms with van der Waals surface area (Å²) in [5, 5.41) is 0. The van der Waals surface area contributed by atoms with Crippen molar-refractivity contribution in [2.75, 3.05) is 0 Å². The number of fused-ring (bicyclic) bond motifs is 6. The van der Waals surface area contributed by atoms with Gasteiger partial charge in [0.2, 0.25) is 0 Å². The minimum absolute atomic E-state index is 0.0901. The third-order valence-corrected chi connectivity index (χ3v) is 21.0. The molecule has 2 heterocycles. The van der Waals surface area contributed by atoms with E-state index >= 15 is 0 Å². The van der Waals surface area contributed by atoms with Crippen LogP contribution in [0.15, 0.2) is 303 Å². The van der Waals surface area contributed by atoms with E-state index in [-0.39, 0.29) is 21.7 Å². The van der Waals surface area contributed by atoms with Crippen LogP contribution in [-0.2, 0) is 21.7 Å². The Morgan fingerprint density at radius 3 is 0.656 bits per heavy atom. The summed E-state index contributed by atoms with van der Waals surface area (Å²) in [4.78, 5) is 30.0. The molecule has 2 aliphatic rings. The molecule has 0 saturated heterocycles. The fraction of sp³-hybridized carbons (Fsp3) is 0.133. The van der Waals surface area contributed by atoms with Crippen LogP contribution in [0.4, 0.5) is 0 Å². The number of rotatable bonds is 10. The van der Waals surface area contributed by atoms with E-state index in [0.29, 0.717) is 34.9 Å². The Morgan fingerprint density at radius 1 is 0.156 bits per heavy atom. The van der Waals surface area contributed by atoms with E-state index in [0.717, 1.165) is 44.5 Å². The second-order valence-electron chi connectivity index (χ2n) is 27.5. The van der Waals surface area contributed by atoms with Crippen LogP contribution in [0.25, 0.3) is 135 Å². The molecule has 464 valence electrons. The summed E-state index contributed by atoms with van der Waals surface area (Å²) in [5.41, 5.74) is 25.6. The van der Waals surface area contributed by atoms with Crippen LogP contribution in [0.1, 0.15) is 77.6 Å².